The van der Waals surface area contributed by atoms with Crippen LogP contribution in [0.3, 0.4) is 0 Å². The topological polar surface area (TPSA) is 64.3 Å². The van der Waals surface area contributed by atoms with Gasteiger partial charge in [-0.3, -0.25) is 9.36 Å². The molecule has 4 rings (SSSR count). The van der Waals surface area contributed by atoms with E-state index in [1.165, 1.54) is 4.57 Å². The number of hydrogen-bond donors (Lipinski definition) is 1. The monoisotopic (exact) mass is 370 g/mol. The summed E-state index contributed by atoms with van der Waals surface area (Å²) < 4.78 is 6.98. The molecular formula is C23H18N2O3. The van der Waals surface area contributed by atoms with Crippen LogP contribution >= 0.6 is 0 Å². The fourth-order valence-corrected chi connectivity index (χ4v) is 3.10. The average Bonchev–Trinajstić information content (AvgIpc) is 2.73. The lowest BCUT2D eigenvalue weighted by Crippen LogP contribution is -2.22. The van der Waals surface area contributed by atoms with E-state index in [4.69, 9.17) is 4.74 Å². The number of nitrogens with zero attached hydrogens (tertiary/aromatic N) is 2. The van der Waals surface area contributed by atoms with Gasteiger partial charge in [0, 0.05) is 5.56 Å². The number of phenolic OH excluding ortho intramolecular Hbond substituents is 1. The molecule has 0 amide bonds. The van der Waals surface area contributed by atoms with Crippen molar-refractivity contribution >= 4 is 23.1 Å². The third-order valence-corrected chi connectivity index (χ3v) is 4.48. The quantitative estimate of drug-likeness (QED) is 0.583. The smallest absolute Gasteiger partial charge is 0.266 e. The Morgan fingerprint density at radius 3 is 2.46 bits per heavy atom. The molecule has 1 aromatic heterocycles. The van der Waals surface area contributed by atoms with Crippen molar-refractivity contribution in [2.24, 2.45) is 0 Å². The van der Waals surface area contributed by atoms with Gasteiger partial charge in [0.25, 0.3) is 5.56 Å². The molecule has 5 nitrogen and oxygen atoms in total. The maximum atomic E-state index is 13.3. The van der Waals surface area contributed by atoms with Gasteiger partial charge in [-0.1, -0.05) is 42.5 Å². The first kappa shape index (κ1) is 17.5. The normalized spacial score (nSPS) is 11.2. The van der Waals surface area contributed by atoms with Gasteiger partial charge < -0.3 is 9.84 Å². The maximum absolute atomic E-state index is 13.3. The third kappa shape index (κ3) is 3.14. The lowest BCUT2D eigenvalue weighted by Gasteiger charge is -2.14. The Hall–Kier alpha value is -3.86. The highest BCUT2D eigenvalue weighted by Gasteiger charge is 2.14. The second kappa shape index (κ2) is 7.40. The molecule has 0 saturated heterocycles. The van der Waals surface area contributed by atoms with Crippen LogP contribution in [0, 0.1) is 0 Å². The molecule has 3 aromatic carbocycles. The first-order chi connectivity index (χ1) is 13.7. The van der Waals surface area contributed by atoms with Crippen molar-refractivity contribution in [1.29, 1.82) is 0 Å². The minimum Gasteiger partial charge on any atom is -0.507 e. The van der Waals surface area contributed by atoms with E-state index in [1.54, 1.807) is 55.7 Å². The summed E-state index contributed by atoms with van der Waals surface area (Å²) in [4.78, 5) is 18.0. The molecule has 1 N–H and O–H groups in total. The number of methoxy groups -OCH3 is 1. The molecule has 0 aliphatic heterocycles. The molecule has 5 heteroatoms. The van der Waals surface area contributed by atoms with Gasteiger partial charge in [-0.05, 0) is 42.5 Å². The Balaban J connectivity index is 1.99. The molecule has 1 heterocycles. The molecule has 0 bridgehead atoms. The van der Waals surface area contributed by atoms with Gasteiger partial charge in [-0.2, -0.15) is 0 Å². The van der Waals surface area contributed by atoms with Crippen LogP contribution in [-0.4, -0.2) is 21.8 Å². The largest absolute Gasteiger partial charge is 0.507 e. The second-order valence-corrected chi connectivity index (χ2v) is 6.19. The van der Waals surface area contributed by atoms with Crippen LogP contribution < -0.4 is 10.3 Å². The molecule has 0 unspecified atom stereocenters. The van der Waals surface area contributed by atoms with E-state index >= 15 is 0 Å². The minimum atomic E-state index is -0.188. The highest BCUT2D eigenvalue weighted by Crippen LogP contribution is 2.24. The lowest BCUT2D eigenvalue weighted by atomic mass is 10.1. The zero-order chi connectivity index (χ0) is 19.5. The van der Waals surface area contributed by atoms with Gasteiger partial charge in [0.1, 0.15) is 17.3 Å². The van der Waals surface area contributed by atoms with Gasteiger partial charge in [-0.15, -0.1) is 0 Å². The van der Waals surface area contributed by atoms with E-state index in [0.717, 1.165) is 0 Å². The van der Waals surface area contributed by atoms with Gasteiger partial charge in [-0.25, -0.2) is 4.98 Å². The molecule has 0 spiro atoms. The molecule has 0 aliphatic rings. The van der Waals surface area contributed by atoms with Crippen molar-refractivity contribution in [2.45, 2.75) is 0 Å². The Bertz CT molecular complexity index is 1240. The minimum absolute atomic E-state index is 0.158. The summed E-state index contributed by atoms with van der Waals surface area (Å²) in [6, 6.07) is 21.5. The summed E-state index contributed by atoms with van der Waals surface area (Å²) in [6.07, 6.45) is 3.45. The van der Waals surface area contributed by atoms with Crippen molar-refractivity contribution in [3.8, 4) is 17.2 Å². The average molecular weight is 370 g/mol. The Morgan fingerprint density at radius 1 is 0.929 bits per heavy atom. The molecule has 0 radical (unpaired) electrons. The third-order valence-electron chi connectivity index (χ3n) is 4.48. The molecule has 138 valence electrons. The maximum Gasteiger partial charge on any atom is 0.266 e. The van der Waals surface area contributed by atoms with E-state index < -0.39 is 0 Å². The molecule has 0 atom stereocenters. The molecular weight excluding hydrogens is 352 g/mol. The highest BCUT2D eigenvalue weighted by atomic mass is 16.5. The van der Waals surface area contributed by atoms with Crippen LogP contribution in [0.2, 0.25) is 0 Å². The fourth-order valence-electron chi connectivity index (χ4n) is 3.10. The van der Waals surface area contributed by atoms with Crippen LogP contribution in [0.4, 0.5) is 0 Å². The number of para-hydroxylation sites is 4. The van der Waals surface area contributed by atoms with Gasteiger partial charge >= 0.3 is 0 Å². The molecule has 0 fully saturated rings. The fraction of sp³-hybridized carbons (Fsp3) is 0.0435. The molecule has 28 heavy (non-hydrogen) atoms. The van der Waals surface area contributed by atoms with Crippen LogP contribution in [0.15, 0.2) is 77.6 Å². The number of aromatic nitrogens is 2. The van der Waals surface area contributed by atoms with Crippen molar-refractivity contribution < 1.29 is 9.84 Å². The first-order valence-corrected chi connectivity index (χ1v) is 8.80. The van der Waals surface area contributed by atoms with E-state index in [2.05, 4.69) is 4.98 Å². The summed E-state index contributed by atoms with van der Waals surface area (Å²) in [5.74, 6) is 1.17. The van der Waals surface area contributed by atoms with Crippen molar-refractivity contribution in [2.75, 3.05) is 7.11 Å². The number of hydrogen-bond acceptors (Lipinski definition) is 4. The second-order valence-electron chi connectivity index (χ2n) is 6.19. The summed E-state index contributed by atoms with van der Waals surface area (Å²) in [6.45, 7) is 0. The van der Waals surface area contributed by atoms with E-state index in [1.807, 2.05) is 36.4 Å². The number of fused-ring (bicyclic) bond motifs is 1. The van der Waals surface area contributed by atoms with Crippen molar-refractivity contribution in [3.05, 3.63) is 94.5 Å². The number of aromatic hydroxyl groups is 1. The summed E-state index contributed by atoms with van der Waals surface area (Å²) in [7, 11) is 1.57. The molecule has 0 aliphatic carbocycles. The highest BCUT2D eigenvalue weighted by molar-refractivity contribution is 5.80. The van der Waals surface area contributed by atoms with E-state index in [9.17, 15) is 9.90 Å². The molecule has 4 aromatic rings. The predicted octanol–water partition coefficient (Wildman–Crippen LogP) is 4.27. The Morgan fingerprint density at radius 2 is 1.64 bits per heavy atom. The summed E-state index contributed by atoms with van der Waals surface area (Å²) in [5.41, 5.74) is 1.66. The van der Waals surface area contributed by atoms with E-state index in [-0.39, 0.29) is 11.3 Å². The van der Waals surface area contributed by atoms with Crippen LogP contribution in [0.5, 0.6) is 11.5 Å². The van der Waals surface area contributed by atoms with Crippen LogP contribution in [0.25, 0.3) is 28.7 Å². The van der Waals surface area contributed by atoms with Crippen LogP contribution in [-0.2, 0) is 0 Å². The van der Waals surface area contributed by atoms with Gasteiger partial charge in [0.2, 0.25) is 0 Å². The number of benzene rings is 3. The SMILES string of the molecule is COc1ccccc1-n1c(/C=C/c2ccccc2O)nc2ccccc2c1=O. The standard InChI is InChI=1S/C23H18N2O3/c1-28-21-13-7-5-11-19(21)25-22(15-14-16-8-2-6-12-20(16)26)24-18-10-4-3-9-17(18)23(25)27/h2-15,26H,1H3/b15-14+. The zero-order valence-corrected chi connectivity index (χ0v) is 15.2. The number of ether oxygens (including phenoxy) is 1. The van der Waals surface area contributed by atoms with Crippen LogP contribution in [0.1, 0.15) is 11.4 Å². The lowest BCUT2D eigenvalue weighted by molar-refractivity contribution is 0.412. The van der Waals surface area contributed by atoms with Crippen molar-refractivity contribution in [1.82, 2.24) is 9.55 Å². The number of phenols is 1. The first-order valence-electron chi connectivity index (χ1n) is 8.80. The summed E-state index contributed by atoms with van der Waals surface area (Å²) >= 11 is 0. The summed E-state index contributed by atoms with van der Waals surface area (Å²) in [5, 5.41) is 10.5. The zero-order valence-electron chi connectivity index (χ0n) is 15.2. The predicted molar refractivity (Wildman–Crippen MR) is 111 cm³/mol. The van der Waals surface area contributed by atoms with Gasteiger partial charge in [0.15, 0.2) is 0 Å². The molecule has 0 saturated carbocycles. The van der Waals surface area contributed by atoms with Gasteiger partial charge in [0.05, 0.1) is 23.7 Å². The van der Waals surface area contributed by atoms with Crippen molar-refractivity contribution in [3.63, 3.8) is 0 Å². The number of rotatable bonds is 4. The Kier molecular flexibility index (Phi) is 4.64. The Labute approximate surface area is 161 Å². The van der Waals surface area contributed by atoms with E-state index in [0.29, 0.717) is 33.7 Å².